The van der Waals surface area contributed by atoms with Crippen LogP contribution < -0.4 is 4.74 Å². The first-order valence-electron chi connectivity index (χ1n) is 9.08. The van der Waals surface area contributed by atoms with E-state index in [1.165, 1.54) is 6.42 Å². The highest BCUT2D eigenvalue weighted by Crippen LogP contribution is 2.55. The molecule has 0 N–H and O–H groups in total. The number of methoxy groups -OCH3 is 1. The van der Waals surface area contributed by atoms with Gasteiger partial charge in [-0.1, -0.05) is 18.0 Å². The number of amides is 1. The molecule has 1 atom stereocenters. The number of carbonyl (C=O) groups excluding carboxylic acids is 1. The molecule has 2 aromatic rings. The highest BCUT2D eigenvalue weighted by molar-refractivity contribution is 6.30. The van der Waals surface area contributed by atoms with E-state index in [9.17, 15) is 4.79 Å². The smallest absolute Gasteiger partial charge is 0.257 e. The molecule has 0 bridgehead atoms. The molecule has 1 aromatic heterocycles. The van der Waals surface area contributed by atoms with Gasteiger partial charge in [0.25, 0.3) is 5.91 Å². The summed E-state index contributed by atoms with van der Waals surface area (Å²) in [5.74, 6) is 1.76. The molecular formula is C19H23ClN4O2. The first-order chi connectivity index (χ1) is 12.6. The van der Waals surface area contributed by atoms with Crippen molar-refractivity contribution in [3.63, 3.8) is 0 Å². The molecule has 26 heavy (non-hydrogen) atoms. The van der Waals surface area contributed by atoms with Crippen LogP contribution in [-0.2, 0) is 6.54 Å². The van der Waals surface area contributed by atoms with Crippen LogP contribution in [0.2, 0.25) is 5.02 Å². The predicted molar refractivity (Wildman–Crippen MR) is 98.6 cm³/mol. The van der Waals surface area contributed by atoms with E-state index in [-0.39, 0.29) is 17.2 Å². The van der Waals surface area contributed by atoms with E-state index < -0.39 is 0 Å². The minimum atomic E-state index is -0.00476. The van der Waals surface area contributed by atoms with Crippen LogP contribution in [0.15, 0.2) is 24.5 Å². The van der Waals surface area contributed by atoms with Crippen molar-refractivity contribution in [2.75, 3.05) is 20.2 Å². The molecule has 1 aromatic carbocycles. The van der Waals surface area contributed by atoms with Crippen molar-refractivity contribution in [2.24, 2.45) is 5.41 Å². The van der Waals surface area contributed by atoms with E-state index in [0.717, 1.165) is 31.8 Å². The molecule has 4 rings (SSSR count). The first-order valence-corrected chi connectivity index (χ1v) is 9.46. The normalized spacial score (nSPS) is 21.0. The molecule has 1 amide bonds. The van der Waals surface area contributed by atoms with Gasteiger partial charge in [0.2, 0.25) is 0 Å². The number of carbonyl (C=O) groups is 1. The van der Waals surface area contributed by atoms with E-state index in [1.807, 2.05) is 4.90 Å². The van der Waals surface area contributed by atoms with Gasteiger partial charge in [-0.15, -0.1) is 10.2 Å². The second-order valence-electron chi connectivity index (χ2n) is 7.27. The molecule has 138 valence electrons. The van der Waals surface area contributed by atoms with Gasteiger partial charge < -0.3 is 14.2 Å². The van der Waals surface area contributed by atoms with Gasteiger partial charge in [0.05, 0.1) is 12.7 Å². The Hall–Kier alpha value is -2.08. The van der Waals surface area contributed by atoms with Gasteiger partial charge in [0.1, 0.15) is 17.9 Å². The Morgan fingerprint density at radius 2 is 2.23 bits per heavy atom. The van der Waals surface area contributed by atoms with Crippen molar-refractivity contribution < 1.29 is 9.53 Å². The van der Waals surface area contributed by atoms with Gasteiger partial charge >= 0.3 is 0 Å². The van der Waals surface area contributed by atoms with Crippen molar-refractivity contribution in [3.05, 3.63) is 40.9 Å². The van der Waals surface area contributed by atoms with Gasteiger partial charge in [0.15, 0.2) is 0 Å². The number of hydrogen-bond acceptors (Lipinski definition) is 4. The minimum Gasteiger partial charge on any atom is -0.496 e. The van der Waals surface area contributed by atoms with Crippen LogP contribution in [0.4, 0.5) is 0 Å². The van der Waals surface area contributed by atoms with Gasteiger partial charge in [-0.3, -0.25) is 4.79 Å². The summed E-state index contributed by atoms with van der Waals surface area (Å²) >= 11 is 6.04. The van der Waals surface area contributed by atoms with Crippen LogP contribution in [0.1, 0.15) is 48.3 Å². The van der Waals surface area contributed by atoms with Crippen LogP contribution in [0, 0.1) is 5.41 Å². The number of rotatable bonds is 4. The number of aryl methyl sites for hydroxylation is 1. The Morgan fingerprint density at radius 1 is 1.42 bits per heavy atom. The number of benzene rings is 1. The van der Waals surface area contributed by atoms with Crippen LogP contribution in [0.3, 0.4) is 0 Å². The second-order valence-corrected chi connectivity index (χ2v) is 7.71. The average Bonchev–Trinajstić information content (AvgIpc) is 3.24. The molecule has 1 saturated carbocycles. The molecule has 6 nitrogen and oxygen atoms in total. The predicted octanol–water partition coefficient (Wildman–Crippen LogP) is 3.37. The quantitative estimate of drug-likeness (QED) is 0.823. The molecule has 1 saturated heterocycles. The minimum absolute atomic E-state index is 0.00476. The van der Waals surface area contributed by atoms with Crippen LogP contribution in [0.5, 0.6) is 5.75 Å². The zero-order valence-electron chi connectivity index (χ0n) is 15.1. The van der Waals surface area contributed by atoms with E-state index in [1.54, 1.807) is 31.6 Å². The lowest BCUT2D eigenvalue weighted by atomic mass is 9.62. The van der Waals surface area contributed by atoms with Crippen molar-refractivity contribution in [1.82, 2.24) is 19.7 Å². The Kier molecular flexibility index (Phi) is 4.39. The topological polar surface area (TPSA) is 60.2 Å². The van der Waals surface area contributed by atoms with Crippen molar-refractivity contribution in [1.29, 1.82) is 0 Å². The Balaban J connectivity index is 1.64. The van der Waals surface area contributed by atoms with Crippen molar-refractivity contribution >= 4 is 17.5 Å². The maximum atomic E-state index is 13.2. The lowest BCUT2D eigenvalue weighted by Crippen LogP contribution is -2.38. The lowest BCUT2D eigenvalue weighted by Gasteiger charge is -2.42. The third-order valence-corrected chi connectivity index (χ3v) is 6.21. The highest BCUT2D eigenvalue weighted by atomic mass is 35.5. The summed E-state index contributed by atoms with van der Waals surface area (Å²) in [5, 5.41) is 9.05. The number of likely N-dealkylation sites (tertiary alicyclic amines) is 1. The van der Waals surface area contributed by atoms with E-state index in [0.29, 0.717) is 22.9 Å². The number of nitrogens with zero attached hydrogens (tertiary/aromatic N) is 4. The van der Waals surface area contributed by atoms with Gasteiger partial charge in [-0.05, 0) is 43.4 Å². The monoisotopic (exact) mass is 374 g/mol. The summed E-state index contributed by atoms with van der Waals surface area (Å²) in [7, 11) is 1.56. The summed E-state index contributed by atoms with van der Waals surface area (Å²) in [5.41, 5.74) is 0.693. The van der Waals surface area contributed by atoms with Gasteiger partial charge in [-0.25, -0.2) is 0 Å². The molecular weight excluding hydrogens is 352 g/mol. The first kappa shape index (κ1) is 17.3. The van der Waals surface area contributed by atoms with Gasteiger partial charge in [-0.2, -0.15) is 0 Å². The Bertz CT molecular complexity index is 831. The second kappa shape index (κ2) is 6.58. The Labute approximate surface area is 158 Å². The third kappa shape index (κ3) is 2.67. The van der Waals surface area contributed by atoms with Crippen LogP contribution in [0.25, 0.3) is 0 Å². The molecule has 2 aliphatic rings. The largest absolute Gasteiger partial charge is 0.496 e. The van der Waals surface area contributed by atoms with Crippen LogP contribution in [-0.4, -0.2) is 45.8 Å². The SMILES string of the molecule is CCn1cnnc1C1CN(C(=O)c2ccc(Cl)cc2OC)CC12CCC2. The molecule has 0 radical (unpaired) electrons. The number of halogens is 1. The molecule has 2 fully saturated rings. The molecule has 7 heteroatoms. The van der Waals surface area contributed by atoms with Crippen LogP contribution >= 0.6 is 11.6 Å². The summed E-state index contributed by atoms with van der Waals surface area (Å²) in [6, 6.07) is 5.17. The fourth-order valence-corrected chi connectivity index (χ4v) is 4.57. The molecule has 2 heterocycles. The molecule has 1 spiro atoms. The summed E-state index contributed by atoms with van der Waals surface area (Å²) in [4.78, 5) is 15.1. The fourth-order valence-electron chi connectivity index (χ4n) is 4.41. The number of aromatic nitrogens is 3. The van der Waals surface area contributed by atoms with E-state index >= 15 is 0 Å². The third-order valence-electron chi connectivity index (χ3n) is 5.98. The Morgan fingerprint density at radius 3 is 2.88 bits per heavy atom. The van der Waals surface area contributed by atoms with Crippen molar-refractivity contribution in [3.8, 4) is 5.75 Å². The summed E-state index contributed by atoms with van der Waals surface area (Å²) in [6.07, 6.45) is 5.27. The molecule has 1 aliphatic heterocycles. The zero-order chi connectivity index (χ0) is 18.3. The summed E-state index contributed by atoms with van der Waals surface area (Å²) < 4.78 is 7.48. The zero-order valence-corrected chi connectivity index (χ0v) is 15.9. The standard InChI is InChI=1S/C19H23ClN4O2/c1-3-23-12-21-22-17(23)15-10-24(11-19(15)7-4-8-19)18(25)14-6-5-13(20)9-16(14)26-2/h5-6,9,12,15H,3-4,7-8,10-11H2,1-2H3. The molecule has 1 unspecified atom stereocenters. The van der Waals surface area contributed by atoms with E-state index in [4.69, 9.17) is 16.3 Å². The maximum absolute atomic E-state index is 13.2. The average molecular weight is 375 g/mol. The van der Waals surface area contributed by atoms with Crippen molar-refractivity contribution in [2.45, 2.75) is 38.6 Å². The number of ether oxygens (including phenoxy) is 1. The van der Waals surface area contributed by atoms with E-state index in [2.05, 4.69) is 21.7 Å². The maximum Gasteiger partial charge on any atom is 0.257 e. The highest BCUT2D eigenvalue weighted by Gasteiger charge is 2.53. The fraction of sp³-hybridized carbons (Fsp3) is 0.526. The molecule has 1 aliphatic carbocycles. The lowest BCUT2D eigenvalue weighted by molar-refractivity contribution is 0.0720. The number of hydrogen-bond donors (Lipinski definition) is 0. The van der Waals surface area contributed by atoms with Gasteiger partial charge in [0, 0.05) is 30.6 Å². The summed E-state index contributed by atoms with van der Waals surface area (Å²) in [6.45, 7) is 4.37.